The van der Waals surface area contributed by atoms with E-state index >= 15 is 0 Å². The minimum atomic E-state index is -0.261. The molecule has 0 bridgehead atoms. The van der Waals surface area contributed by atoms with Gasteiger partial charge >= 0.3 is 0 Å². The molecule has 3 aromatic carbocycles. The number of phenols is 1. The van der Waals surface area contributed by atoms with E-state index in [1.54, 1.807) is 30.3 Å². The molecule has 3 N–H and O–H groups in total. The van der Waals surface area contributed by atoms with Gasteiger partial charge in [0.15, 0.2) is 5.84 Å². The lowest BCUT2D eigenvalue weighted by atomic mass is 9.88. The van der Waals surface area contributed by atoms with Gasteiger partial charge in [-0.15, -0.1) is 0 Å². The van der Waals surface area contributed by atoms with Gasteiger partial charge in [0.1, 0.15) is 5.75 Å². The number of amidine groups is 1. The van der Waals surface area contributed by atoms with Gasteiger partial charge in [-0.25, -0.2) is 5.48 Å². The molecule has 126 valence electrons. The van der Waals surface area contributed by atoms with Crippen molar-refractivity contribution in [3.63, 3.8) is 0 Å². The zero-order valence-electron chi connectivity index (χ0n) is 13.6. The second-order valence-corrected chi connectivity index (χ2v) is 5.69. The van der Waals surface area contributed by atoms with Gasteiger partial charge in [0.25, 0.3) is 0 Å². The van der Waals surface area contributed by atoms with Crippen molar-refractivity contribution in [2.45, 2.75) is 6.92 Å². The molecule has 3 aromatic rings. The number of benzene rings is 3. The quantitative estimate of drug-likeness (QED) is 0.371. The SMILES string of the molecule is Cc1cc(C(=NF)NO)c(-c2ccccc2)c(-c2ccc(O)cc2)c1. The zero-order chi connectivity index (χ0) is 17.8. The Hall–Kier alpha value is -3.18. The molecular weight excluding hydrogens is 319 g/mol. The van der Waals surface area contributed by atoms with Crippen LogP contribution in [0.1, 0.15) is 11.1 Å². The maximum atomic E-state index is 13.1. The van der Waals surface area contributed by atoms with Crippen LogP contribution in [0.25, 0.3) is 22.3 Å². The average Bonchev–Trinajstić information content (AvgIpc) is 2.64. The Morgan fingerprint density at radius 3 is 2.24 bits per heavy atom. The van der Waals surface area contributed by atoms with E-state index in [0.717, 1.165) is 27.8 Å². The van der Waals surface area contributed by atoms with Crippen LogP contribution in [0, 0.1) is 6.92 Å². The third-order valence-corrected chi connectivity index (χ3v) is 3.97. The lowest BCUT2D eigenvalue weighted by molar-refractivity contribution is 0.232. The van der Waals surface area contributed by atoms with Crippen LogP contribution in [0.5, 0.6) is 5.75 Å². The van der Waals surface area contributed by atoms with E-state index in [2.05, 4.69) is 5.21 Å². The van der Waals surface area contributed by atoms with E-state index in [-0.39, 0.29) is 11.6 Å². The second-order valence-electron chi connectivity index (χ2n) is 5.69. The van der Waals surface area contributed by atoms with E-state index in [1.165, 1.54) is 0 Å². The Kier molecular flexibility index (Phi) is 4.77. The molecule has 0 saturated heterocycles. The van der Waals surface area contributed by atoms with Crippen molar-refractivity contribution in [1.82, 2.24) is 5.48 Å². The Labute approximate surface area is 144 Å². The number of rotatable bonds is 3. The lowest BCUT2D eigenvalue weighted by Crippen LogP contribution is -2.21. The van der Waals surface area contributed by atoms with Gasteiger partial charge in [-0.1, -0.05) is 58.2 Å². The Morgan fingerprint density at radius 2 is 1.64 bits per heavy atom. The molecule has 0 aliphatic rings. The Bertz CT molecular complexity index is 907. The third kappa shape index (κ3) is 3.36. The summed E-state index contributed by atoms with van der Waals surface area (Å²) < 4.78 is 13.1. The molecule has 0 amide bonds. The molecule has 0 aromatic heterocycles. The molecule has 0 radical (unpaired) electrons. The van der Waals surface area contributed by atoms with Crippen LogP contribution >= 0.6 is 0 Å². The van der Waals surface area contributed by atoms with Gasteiger partial charge in [0.05, 0.1) is 0 Å². The summed E-state index contributed by atoms with van der Waals surface area (Å²) >= 11 is 0. The van der Waals surface area contributed by atoms with Crippen molar-refractivity contribution in [2.24, 2.45) is 5.21 Å². The monoisotopic (exact) mass is 336 g/mol. The number of hydrogen-bond donors (Lipinski definition) is 3. The molecule has 0 atom stereocenters. The van der Waals surface area contributed by atoms with Crippen molar-refractivity contribution >= 4 is 5.84 Å². The van der Waals surface area contributed by atoms with E-state index in [4.69, 9.17) is 0 Å². The minimum absolute atomic E-state index is 0.168. The smallest absolute Gasteiger partial charge is 0.190 e. The number of phenolic OH excluding ortho intramolecular Hbond substituents is 1. The molecule has 0 heterocycles. The molecule has 3 rings (SSSR count). The molecule has 0 saturated carbocycles. The van der Waals surface area contributed by atoms with Crippen molar-refractivity contribution in [3.8, 4) is 28.0 Å². The summed E-state index contributed by atoms with van der Waals surface area (Å²) in [6.07, 6.45) is 0. The van der Waals surface area contributed by atoms with Gasteiger partial charge in [0.2, 0.25) is 0 Å². The highest BCUT2D eigenvalue weighted by molar-refractivity contribution is 6.07. The van der Waals surface area contributed by atoms with E-state index in [1.807, 2.05) is 48.8 Å². The van der Waals surface area contributed by atoms with Gasteiger partial charge in [-0.3, -0.25) is 5.21 Å². The first-order valence-electron chi connectivity index (χ1n) is 7.73. The van der Waals surface area contributed by atoms with Crippen molar-refractivity contribution < 1.29 is 14.8 Å². The summed E-state index contributed by atoms with van der Waals surface area (Å²) in [6.45, 7) is 1.88. The number of nitrogens with one attached hydrogen (secondary N) is 1. The molecular formula is C20H17FN2O2. The van der Waals surface area contributed by atoms with Crippen LogP contribution < -0.4 is 5.48 Å². The van der Waals surface area contributed by atoms with Crippen LogP contribution in [0.2, 0.25) is 0 Å². The maximum Gasteiger partial charge on any atom is 0.190 e. The molecule has 0 aliphatic carbocycles. The minimum Gasteiger partial charge on any atom is -0.508 e. The normalized spacial score (nSPS) is 11.4. The summed E-state index contributed by atoms with van der Waals surface area (Å²) in [7, 11) is 0. The summed E-state index contributed by atoms with van der Waals surface area (Å²) in [5.41, 5.74) is 6.45. The van der Waals surface area contributed by atoms with Gasteiger partial charge in [-0.05, 0) is 47.4 Å². The molecule has 4 nitrogen and oxygen atoms in total. The molecule has 0 aliphatic heterocycles. The van der Waals surface area contributed by atoms with Gasteiger partial charge < -0.3 is 5.11 Å². The van der Waals surface area contributed by atoms with Gasteiger partial charge in [-0.2, -0.15) is 0 Å². The topological polar surface area (TPSA) is 64.9 Å². The molecule has 0 fully saturated rings. The zero-order valence-corrected chi connectivity index (χ0v) is 13.6. The molecule has 0 unspecified atom stereocenters. The van der Waals surface area contributed by atoms with Crippen molar-refractivity contribution in [1.29, 1.82) is 0 Å². The molecule has 0 spiro atoms. The number of halogens is 1. The van der Waals surface area contributed by atoms with Crippen LogP contribution in [0.3, 0.4) is 0 Å². The van der Waals surface area contributed by atoms with Crippen LogP contribution in [0.4, 0.5) is 4.48 Å². The van der Waals surface area contributed by atoms with E-state index < -0.39 is 0 Å². The third-order valence-electron chi connectivity index (χ3n) is 3.97. The summed E-state index contributed by atoms with van der Waals surface area (Å²) in [6, 6.07) is 20.0. The van der Waals surface area contributed by atoms with E-state index in [9.17, 15) is 14.8 Å². The number of aromatic hydroxyl groups is 1. The van der Waals surface area contributed by atoms with Crippen LogP contribution in [-0.4, -0.2) is 16.1 Å². The summed E-state index contributed by atoms with van der Waals surface area (Å²) in [5, 5.41) is 21.5. The second kappa shape index (κ2) is 7.15. The van der Waals surface area contributed by atoms with Crippen molar-refractivity contribution in [2.75, 3.05) is 0 Å². The number of aryl methyl sites for hydroxylation is 1. The fourth-order valence-electron chi connectivity index (χ4n) is 2.88. The fraction of sp³-hybridized carbons (Fsp3) is 0.0500. The maximum absolute atomic E-state index is 13.1. The standard InChI is InChI=1S/C20H17FN2O2/c1-13-11-17(14-7-9-16(24)10-8-14)19(15-5-3-2-4-6-15)18(12-13)20(22-21)23-25/h2-12,24-25H,1H3,(H,22,23). The molecule has 5 heteroatoms. The highest BCUT2D eigenvalue weighted by Gasteiger charge is 2.17. The summed E-state index contributed by atoms with van der Waals surface area (Å²) in [4.78, 5) is 0. The largest absolute Gasteiger partial charge is 0.508 e. The van der Waals surface area contributed by atoms with Crippen LogP contribution in [-0.2, 0) is 0 Å². The first kappa shape index (κ1) is 16.7. The van der Waals surface area contributed by atoms with E-state index in [0.29, 0.717) is 5.56 Å². The first-order chi connectivity index (χ1) is 12.1. The average molecular weight is 336 g/mol. The Balaban J connectivity index is 2.36. The van der Waals surface area contributed by atoms with Crippen molar-refractivity contribution in [3.05, 3.63) is 77.9 Å². The lowest BCUT2D eigenvalue weighted by Gasteiger charge is -2.17. The highest BCUT2D eigenvalue weighted by atomic mass is 19.2. The number of hydrogen-bond acceptors (Lipinski definition) is 3. The fourth-order valence-corrected chi connectivity index (χ4v) is 2.88. The number of hydroxylamine groups is 1. The van der Waals surface area contributed by atoms with Crippen LogP contribution in [0.15, 0.2) is 71.9 Å². The predicted octanol–water partition coefficient (Wildman–Crippen LogP) is 4.64. The number of nitrogens with zero attached hydrogens (tertiary/aromatic N) is 1. The Morgan fingerprint density at radius 1 is 0.960 bits per heavy atom. The van der Waals surface area contributed by atoms with Gasteiger partial charge in [0, 0.05) is 11.1 Å². The summed E-state index contributed by atoms with van der Waals surface area (Å²) in [5.74, 6) is -0.0940. The molecule has 25 heavy (non-hydrogen) atoms. The predicted molar refractivity (Wildman–Crippen MR) is 96.3 cm³/mol. The first-order valence-corrected chi connectivity index (χ1v) is 7.73. The highest BCUT2D eigenvalue weighted by Crippen LogP contribution is 2.36.